The summed E-state index contributed by atoms with van der Waals surface area (Å²) in [4.78, 5) is 16.2. The number of hydrogen-bond donors (Lipinski definition) is 3. The fourth-order valence-corrected chi connectivity index (χ4v) is 3.63. The fraction of sp³-hybridized carbons (Fsp3) is 0.111. The van der Waals surface area contributed by atoms with Crippen LogP contribution < -0.4 is 16.9 Å². The van der Waals surface area contributed by atoms with Crippen molar-refractivity contribution >= 4 is 51.2 Å². The highest BCUT2D eigenvalue weighted by Gasteiger charge is 2.20. The summed E-state index contributed by atoms with van der Waals surface area (Å²) in [6, 6.07) is 2.52. The molecule has 0 amide bonds. The Kier molecular flexibility index (Phi) is 4.87. The Morgan fingerprint density at radius 1 is 1.33 bits per heavy atom. The first kappa shape index (κ1) is 18.5. The second-order valence-electron chi connectivity index (χ2n) is 5.88. The second kappa shape index (κ2) is 7.12. The number of anilines is 2. The van der Waals surface area contributed by atoms with E-state index in [1.165, 1.54) is 24.5 Å². The van der Waals surface area contributed by atoms with Crippen LogP contribution in [0.1, 0.15) is 29.8 Å². The number of carbonyl (C=O) groups excluding carboxylic acids is 1. The topological polar surface area (TPSA) is 119 Å². The van der Waals surface area contributed by atoms with E-state index in [0.29, 0.717) is 11.1 Å². The molecular weight excluding hydrogens is 367 g/mol. The Morgan fingerprint density at radius 2 is 2.07 bits per heavy atom. The maximum atomic E-state index is 14.6. The minimum absolute atomic E-state index is 0.0785. The molecule has 9 heteroatoms. The molecule has 0 aliphatic rings. The van der Waals surface area contributed by atoms with Gasteiger partial charge in [-0.05, 0) is 43.1 Å². The van der Waals surface area contributed by atoms with Crippen molar-refractivity contribution in [3.63, 3.8) is 0 Å². The van der Waals surface area contributed by atoms with Gasteiger partial charge in [0.2, 0.25) is 0 Å². The number of benzene rings is 1. The van der Waals surface area contributed by atoms with Crippen LogP contribution in [0.5, 0.6) is 0 Å². The van der Waals surface area contributed by atoms with Crippen LogP contribution in [-0.2, 0) is 0 Å². The van der Waals surface area contributed by atoms with Crippen molar-refractivity contribution in [3.05, 3.63) is 41.5 Å². The first-order valence-corrected chi connectivity index (χ1v) is 8.65. The van der Waals surface area contributed by atoms with Crippen LogP contribution in [0.15, 0.2) is 29.6 Å². The lowest BCUT2D eigenvalue weighted by Crippen LogP contribution is -2.03. The van der Waals surface area contributed by atoms with Gasteiger partial charge in [0.1, 0.15) is 11.6 Å². The third kappa shape index (κ3) is 3.24. The summed E-state index contributed by atoms with van der Waals surface area (Å²) in [5.41, 5.74) is 16.8. The number of nitrogens with two attached hydrogens (primary N) is 2. The van der Waals surface area contributed by atoms with E-state index in [4.69, 9.17) is 11.5 Å². The normalized spacial score (nSPS) is 11.6. The van der Waals surface area contributed by atoms with Gasteiger partial charge in [0.15, 0.2) is 5.78 Å². The quantitative estimate of drug-likeness (QED) is 0.268. The van der Waals surface area contributed by atoms with Gasteiger partial charge in [-0.15, -0.1) is 0 Å². The molecule has 0 unspecified atom stereocenters. The lowest BCUT2D eigenvalue weighted by molar-refractivity contribution is 0.101. The summed E-state index contributed by atoms with van der Waals surface area (Å²) in [6.45, 7) is 6.59. The van der Waals surface area contributed by atoms with Crippen LogP contribution in [0.25, 0.3) is 26.9 Å². The molecule has 0 atom stereocenters. The molecule has 2 aromatic heterocycles. The number of nitrogens with zero attached hydrogens (tertiary/aromatic N) is 3. The summed E-state index contributed by atoms with van der Waals surface area (Å²) < 4.78 is 19.6. The van der Waals surface area contributed by atoms with E-state index in [1.54, 1.807) is 12.4 Å². The molecule has 0 spiro atoms. The minimum Gasteiger partial charge on any atom is -0.398 e. The van der Waals surface area contributed by atoms with Gasteiger partial charge in [-0.3, -0.25) is 15.2 Å². The minimum atomic E-state index is -0.588. The fourth-order valence-electron chi connectivity index (χ4n) is 2.75. The van der Waals surface area contributed by atoms with E-state index in [2.05, 4.69) is 26.6 Å². The van der Waals surface area contributed by atoms with Gasteiger partial charge >= 0.3 is 0 Å². The number of halogens is 1. The highest BCUT2D eigenvalue weighted by atomic mass is 32.1. The van der Waals surface area contributed by atoms with Crippen molar-refractivity contribution in [2.24, 2.45) is 5.10 Å². The van der Waals surface area contributed by atoms with Gasteiger partial charge < -0.3 is 11.5 Å². The number of Topliss-reactive ketones (excluding diaryl/α,β-unsaturated/α-hetero) is 1. The van der Waals surface area contributed by atoms with Crippen LogP contribution in [-0.4, -0.2) is 21.9 Å². The van der Waals surface area contributed by atoms with Crippen LogP contribution in [0.3, 0.4) is 0 Å². The van der Waals surface area contributed by atoms with E-state index in [0.717, 1.165) is 21.9 Å². The maximum Gasteiger partial charge on any atom is 0.161 e. The molecule has 5 N–H and O–H groups in total. The zero-order valence-electron chi connectivity index (χ0n) is 14.7. The molecule has 1 aromatic carbocycles. The number of aromatic nitrogens is 2. The largest absolute Gasteiger partial charge is 0.398 e. The number of hydrazone groups is 1. The number of rotatable bonds is 5. The number of fused-ring (bicyclic) bond motifs is 1. The van der Waals surface area contributed by atoms with E-state index >= 15 is 0 Å². The molecule has 3 rings (SSSR count). The Balaban J connectivity index is 2.29. The van der Waals surface area contributed by atoms with E-state index in [9.17, 15) is 9.18 Å². The van der Waals surface area contributed by atoms with Gasteiger partial charge in [0.25, 0.3) is 0 Å². The standard InChI is InChI=1S/C18H17FN6OS/c1-8(6-24-22-3)12-7-23-16(15-17(12)27-25-18(15)21)11-4-10(9(2)26)14(20)5-13(11)19/h4-7,24H,3,20H2,1-2H3,(H2,21,25)/b8-6+. The summed E-state index contributed by atoms with van der Waals surface area (Å²) in [7, 11) is 0. The van der Waals surface area contributed by atoms with Crippen LogP contribution in [0, 0.1) is 5.82 Å². The summed E-state index contributed by atoms with van der Waals surface area (Å²) in [6.07, 6.45) is 3.27. The molecule has 138 valence electrons. The van der Waals surface area contributed by atoms with E-state index < -0.39 is 5.82 Å². The Morgan fingerprint density at radius 3 is 2.74 bits per heavy atom. The monoisotopic (exact) mass is 384 g/mol. The SMILES string of the molecule is C=NN/C=C(\C)c1cnc(-c2cc(C(C)=O)c(N)cc2F)c2c(N)nsc12. The Hall–Kier alpha value is -3.33. The highest BCUT2D eigenvalue weighted by molar-refractivity contribution is 7.14. The number of nitrogens with one attached hydrogen (secondary N) is 1. The maximum absolute atomic E-state index is 14.6. The molecule has 2 heterocycles. The molecular formula is C18H17FN6OS. The van der Waals surface area contributed by atoms with Gasteiger partial charge in [-0.2, -0.15) is 9.47 Å². The summed E-state index contributed by atoms with van der Waals surface area (Å²) in [5.74, 6) is -0.614. The zero-order chi connectivity index (χ0) is 19.7. The van der Waals surface area contributed by atoms with Crippen molar-refractivity contribution in [1.29, 1.82) is 0 Å². The zero-order valence-corrected chi connectivity index (χ0v) is 15.5. The van der Waals surface area contributed by atoms with E-state index in [1.807, 2.05) is 6.92 Å². The van der Waals surface area contributed by atoms with E-state index in [-0.39, 0.29) is 28.4 Å². The number of nitrogen functional groups attached to an aromatic ring is 2. The smallest absolute Gasteiger partial charge is 0.161 e. The van der Waals surface area contributed by atoms with Gasteiger partial charge in [0, 0.05) is 41.5 Å². The van der Waals surface area contributed by atoms with Crippen molar-refractivity contribution < 1.29 is 9.18 Å². The van der Waals surface area contributed by atoms with Crippen molar-refractivity contribution in [2.75, 3.05) is 11.5 Å². The van der Waals surface area contributed by atoms with Crippen molar-refractivity contribution in [3.8, 4) is 11.3 Å². The molecule has 0 fully saturated rings. The Bertz CT molecular complexity index is 1100. The molecule has 0 radical (unpaired) electrons. The number of ketones is 1. The average Bonchev–Trinajstić information content (AvgIpc) is 3.01. The van der Waals surface area contributed by atoms with Crippen molar-refractivity contribution in [2.45, 2.75) is 13.8 Å². The lowest BCUT2D eigenvalue weighted by atomic mass is 9.99. The molecule has 0 saturated heterocycles. The predicted molar refractivity (Wildman–Crippen MR) is 108 cm³/mol. The van der Waals surface area contributed by atoms with Crippen LogP contribution >= 0.6 is 11.5 Å². The number of pyridine rings is 1. The van der Waals surface area contributed by atoms with Gasteiger partial charge in [-0.25, -0.2) is 4.39 Å². The number of hydrogen-bond acceptors (Lipinski definition) is 8. The molecule has 27 heavy (non-hydrogen) atoms. The summed E-state index contributed by atoms with van der Waals surface area (Å²) in [5, 5.41) is 4.09. The number of allylic oxidation sites excluding steroid dienone is 1. The molecule has 3 aromatic rings. The molecule has 0 aliphatic heterocycles. The molecule has 0 aliphatic carbocycles. The first-order chi connectivity index (χ1) is 12.8. The van der Waals surface area contributed by atoms with Gasteiger partial charge in [0.05, 0.1) is 15.8 Å². The predicted octanol–water partition coefficient (Wildman–Crippen LogP) is 3.43. The third-order valence-corrected chi connectivity index (χ3v) is 4.99. The molecule has 0 bridgehead atoms. The lowest BCUT2D eigenvalue weighted by Gasteiger charge is -2.11. The molecule has 7 nitrogen and oxygen atoms in total. The van der Waals surface area contributed by atoms with Crippen LogP contribution in [0.2, 0.25) is 0 Å². The first-order valence-electron chi connectivity index (χ1n) is 7.87. The third-order valence-electron chi connectivity index (χ3n) is 4.09. The average molecular weight is 384 g/mol. The second-order valence-corrected chi connectivity index (χ2v) is 6.66. The molecule has 0 saturated carbocycles. The van der Waals surface area contributed by atoms with Gasteiger partial charge in [-0.1, -0.05) is 0 Å². The van der Waals surface area contributed by atoms with Crippen LogP contribution in [0.4, 0.5) is 15.9 Å². The number of carbonyl (C=O) groups is 1. The van der Waals surface area contributed by atoms with Crippen molar-refractivity contribution in [1.82, 2.24) is 14.8 Å². The highest BCUT2D eigenvalue weighted by Crippen LogP contribution is 2.39. The summed E-state index contributed by atoms with van der Waals surface area (Å²) >= 11 is 1.19. The Labute approximate surface area is 158 Å².